The summed E-state index contributed by atoms with van der Waals surface area (Å²) < 4.78 is 0. The minimum atomic E-state index is -0.812. The van der Waals surface area contributed by atoms with Crippen LogP contribution in [0.15, 0.2) is 48.7 Å². The van der Waals surface area contributed by atoms with Crippen molar-refractivity contribution < 1.29 is 9.90 Å². The smallest absolute Gasteiger partial charge is 0.222 e. The van der Waals surface area contributed by atoms with E-state index < -0.39 is 6.10 Å². The summed E-state index contributed by atoms with van der Waals surface area (Å²) in [7, 11) is 0. The van der Waals surface area contributed by atoms with Crippen molar-refractivity contribution in [3.63, 3.8) is 0 Å². The first kappa shape index (κ1) is 18.2. The molecule has 3 N–H and O–H groups in total. The van der Waals surface area contributed by atoms with Crippen LogP contribution in [-0.4, -0.2) is 29.1 Å². The number of aliphatic hydroxyl groups is 1. The van der Waals surface area contributed by atoms with Gasteiger partial charge in [0.15, 0.2) is 0 Å². The van der Waals surface area contributed by atoms with Crippen molar-refractivity contribution in [2.75, 3.05) is 18.4 Å². The summed E-state index contributed by atoms with van der Waals surface area (Å²) in [6.45, 7) is 1.40. The van der Waals surface area contributed by atoms with E-state index in [-0.39, 0.29) is 12.3 Å². The van der Waals surface area contributed by atoms with E-state index in [4.69, 9.17) is 11.6 Å². The van der Waals surface area contributed by atoms with E-state index in [1.54, 1.807) is 30.5 Å². The van der Waals surface area contributed by atoms with Crippen LogP contribution in [0.2, 0.25) is 5.02 Å². The van der Waals surface area contributed by atoms with Crippen molar-refractivity contribution in [1.29, 1.82) is 0 Å². The molecule has 1 atom stereocenters. The molecule has 0 bridgehead atoms. The molecule has 5 nitrogen and oxygen atoms in total. The molecule has 1 aromatic heterocycles. The number of halogens is 1. The van der Waals surface area contributed by atoms with Crippen LogP contribution in [-0.2, 0) is 4.79 Å². The van der Waals surface area contributed by atoms with Gasteiger partial charge in [-0.25, -0.2) is 4.98 Å². The first-order chi connectivity index (χ1) is 11.6. The van der Waals surface area contributed by atoms with E-state index in [9.17, 15) is 9.90 Å². The maximum absolute atomic E-state index is 11.8. The predicted molar refractivity (Wildman–Crippen MR) is 96.0 cm³/mol. The number of nitrogens with one attached hydrogen (secondary N) is 2. The van der Waals surface area contributed by atoms with Gasteiger partial charge >= 0.3 is 0 Å². The van der Waals surface area contributed by atoms with E-state index in [1.807, 2.05) is 18.2 Å². The highest BCUT2D eigenvalue weighted by atomic mass is 35.5. The number of aliphatic hydroxyl groups excluding tert-OH is 1. The van der Waals surface area contributed by atoms with Gasteiger partial charge in [0.05, 0.1) is 12.5 Å². The lowest BCUT2D eigenvalue weighted by Gasteiger charge is -2.11. The molecule has 0 saturated heterocycles. The van der Waals surface area contributed by atoms with Crippen molar-refractivity contribution in [3.8, 4) is 0 Å². The lowest BCUT2D eigenvalue weighted by Crippen LogP contribution is -2.26. The minimum Gasteiger partial charge on any atom is -0.388 e. The molecule has 0 aliphatic carbocycles. The van der Waals surface area contributed by atoms with Crippen LogP contribution in [0.3, 0.4) is 0 Å². The molecule has 0 fully saturated rings. The van der Waals surface area contributed by atoms with Crippen molar-refractivity contribution in [1.82, 2.24) is 10.3 Å². The molecule has 24 heavy (non-hydrogen) atoms. The van der Waals surface area contributed by atoms with Gasteiger partial charge in [-0.2, -0.15) is 0 Å². The quantitative estimate of drug-likeness (QED) is 0.609. The number of hydrogen-bond donors (Lipinski definition) is 3. The second-order valence-corrected chi connectivity index (χ2v) is 5.91. The Hall–Kier alpha value is -2.11. The highest BCUT2D eigenvalue weighted by Gasteiger charge is 2.12. The van der Waals surface area contributed by atoms with Crippen molar-refractivity contribution in [2.24, 2.45) is 0 Å². The lowest BCUT2D eigenvalue weighted by atomic mass is 10.1. The highest BCUT2D eigenvalue weighted by molar-refractivity contribution is 6.30. The molecule has 1 aromatic carbocycles. The molecule has 2 aromatic rings. The van der Waals surface area contributed by atoms with E-state index in [0.717, 1.165) is 25.2 Å². The van der Waals surface area contributed by atoms with E-state index >= 15 is 0 Å². The molecule has 1 unspecified atom stereocenters. The minimum absolute atomic E-state index is 0.0494. The highest BCUT2D eigenvalue weighted by Crippen LogP contribution is 2.18. The Morgan fingerprint density at radius 2 is 1.88 bits per heavy atom. The van der Waals surface area contributed by atoms with Crippen LogP contribution in [0, 0.1) is 0 Å². The topological polar surface area (TPSA) is 74.2 Å². The van der Waals surface area contributed by atoms with Crippen LogP contribution < -0.4 is 10.6 Å². The van der Waals surface area contributed by atoms with Gasteiger partial charge in [-0.15, -0.1) is 0 Å². The summed E-state index contributed by atoms with van der Waals surface area (Å²) in [5.41, 5.74) is 0.689. The zero-order chi connectivity index (χ0) is 17.2. The molecule has 0 aliphatic heterocycles. The molecule has 0 radical (unpaired) electrons. The summed E-state index contributed by atoms with van der Waals surface area (Å²) >= 11 is 5.80. The van der Waals surface area contributed by atoms with Gasteiger partial charge in [0, 0.05) is 24.3 Å². The van der Waals surface area contributed by atoms with Crippen LogP contribution in [0.1, 0.15) is 30.9 Å². The lowest BCUT2D eigenvalue weighted by molar-refractivity contribution is -0.123. The fourth-order valence-corrected chi connectivity index (χ4v) is 2.34. The first-order valence-corrected chi connectivity index (χ1v) is 8.38. The van der Waals surface area contributed by atoms with E-state index in [1.165, 1.54) is 0 Å². The second kappa shape index (κ2) is 9.90. The summed E-state index contributed by atoms with van der Waals surface area (Å²) in [6.07, 6.45) is 2.77. The van der Waals surface area contributed by atoms with Crippen molar-refractivity contribution >= 4 is 23.3 Å². The van der Waals surface area contributed by atoms with Crippen LogP contribution in [0.5, 0.6) is 0 Å². The molecule has 0 spiro atoms. The normalized spacial score (nSPS) is 11.8. The third-order valence-corrected chi connectivity index (χ3v) is 3.78. The molecular formula is C18H22ClN3O2. The monoisotopic (exact) mass is 347 g/mol. The summed E-state index contributed by atoms with van der Waals surface area (Å²) in [6, 6.07) is 12.6. The Morgan fingerprint density at radius 1 is 1.12 bits per heavy atom. The molecule has 6 heteroatoms. The average molecular weight is 348 g/mol. The summed E-state index contributed by atoms with van der Waals surface area (Å²) in [5.74, 6) is 0.697. The van der Waals surface area contributed by atoms with Gasteiger partial charge in [-0.3, -0.25) is 4.79 Å². The molecule has 0 aliphatic rings. The number of pyridine rings is 1. The fraction of sp³-hybridized carbons (Fsp3) is 0.333. The second-order valence-electron chi connectivity index (χ2n) is 5.47. The maximum Gasteiger partial charge on any atom is 0.222 e. The summed E-state index contributed by atoms with van der Waals surface area (Å²) in [4.78, 5) is 16.0. The maximum atomic E-state index is 11.8. The molecule has 128 valence electrons. The number of carbonyl (C=O) groups excluding carboxylic acids is 1. The number of aromatic nitrogens is 1. The number of hydrogen-bond acceptors (Lipinski definition) is 4. The molecule has 1 heterocycles. The SMILES string of the molecule is O=C(CC(O)c1ccc(Cl)cc1)NCCCCNc1ccccn1. The largest absolute Gasteiger partial charge is 0.388 e. The van der Waals surface area contributed by atoms with Crippen LogP contribution in [0.25, 0.3) is 0 Å². The van der Waals surface area contributed by atoms with Crippen molar-refractivity contribution in [2.45, 2.75) is 25.4 Å². The Bertz CT molecular complexity index is 620. The Balaban J connectivity index is 1.57. The Labute approximate surface area is 147 Å². The summed E-state index contributed by atoms with van der Waals surface area (Å²) in [5, 5.41) is 16.7. The first-order valence-electron chi connectivity index (χ1n) is 8.00. The molecule has 0 saturated carbocycles. The van der Waals surface area contributed by atoms with Crippen molar-refractivity contribution in [3.05, 3.63) is 59.2 Å². The molecule has 2 rings (SSSR count). The molecule has 1 amide bonds. The number of carbonyl (C=O) groups is 1. The zero-order valence-corrected chi connectivity index (χ0v) is 14.2. The number of amides is 1. The van der Waals surface area contributed by atoms with Crippen LogP contribution in [0.4, 0.5) is 5.82 Å². The Morgan fingerprint density at radius 3 is 2.58 bits per heavy atom. The third kappa shape index (κ3) is 6.56. The standard InChI is InChI=1S/C18H22ClN3O2/c19-15-8-6-14(7-9-15)16(23)13-18(24)22-12-4-3-11-21-17-5-1-2-10-20-17/h1-2,5-10,16,23H,3-4,11-13H2,(H,20,21)(H,22,24). The zero-order valence-electron chi connectivity index (χ0n) is 13.4. The number of nitrogens with zero attached hydrogens (tertiary/aromatic N) is 1. The van der Waals surface area contributed by atoms with Gasteiger partial charge in [0.1, 0.15) is 5.82 Å². The number of anilines is 1. The average Bonchev–Trinajstić information content (AvgIpc) is 2.59. The number of unbranched alkanes of at least 4 members (excludes halogenated alkanes) is 1. The predicted octanol–water partition coefficient (Wildman–Crippen LogP) is 3.17. The Kier molecular flexibility index (Phi) is 7.52. The van der Waals surface area contributed by atoms with Gasteiger partial charge in [-0.1, -0.05) is 29.8 Å². The van der Waals surface area contributed by atoms with Gasteiger partial charge in [0.25, 0.3) is 0 Å². The van der Waals surface area contributed by atoms with Gasteiger partial charge in [-0.05, 0) is 42.7 Å². The third-order valence-electron chi connectivity index (χ3n) is 3.53. The fourth-order valence-electron chi connectivity index (χ4n) is 2.21. The van der Waals surface area contributed by atoms with E-state index in [2.05, 4.69) is 15.6 Å². The van der Waals surface area contributed by atoms with Gasteiger partial charge in [0.2, 0.25) is 5.91 Å². The number of benzene rings is 1. The number of rotatable bonds is 9. The molecular weight excluding hydrogens is 326 g/mol. The van der Waals surface area contributed by atoms with Gasteiger partial charge < -0.3 is 15.7 Å². The van der Waals surface area contributed by atoms with Crippen LogP contribution >= 0.6 is 11.6 Å². The van der Waals surface area contributed by atoms with E-state index in [0.29, 0.717) is 17.1 Å².